The van der Waals surface area contributed by atoms with Crippen molar-refractivity contribution >= 4 is 44.6 Å². The van der Waals surface area contributed by atoms with Crippen molar-refractivity contribution in [3.63, 3.8) is 0 Å². The van der Waals surface area contributed by atoms with Gasteiger partial charge in [-0.15, -0.1) is 11.3 Å². The van der Waals surface area contributed by atoms with Gasteiger partial charge in [-0.1, -0.05) is 24.6 Å². The Morgan fingerprint density at radius 2 is 2.22 bits per heavy atom. The summed E-state index contributed by atoms with van der Waals surface area (Å²) in [6, 6.07) is 8.61. The van der Waals surface area contributed by atoms with Gasteiger partial charge < -0.3 is 5.32 Å². The van der Waals surface area contributed by atoms with Crippen LogP contribution in [0.1, 0.15) is 29.8 Å². The van der Waals surface area contributed by atoms with Crippen LogP contribution in [-0.2, 0) is 0 Å². The average Bonchev–Trinajstić information content (AvgIpc) is 2.85. The molecule has 0 fully saturated rings. The molecule has 1 atom stereocenters. The van der Waals surface area contributed by atoms with Gasteiger partial charge in [-0.25, -0.2) is 0 Å². The normalized spacial score (nSPS) is 12.4. The lowest BCUT2D eigenvalue weighted by atomic mass is 10.1. The third-order valence-corrected chi connectivity index (χ3v) is 4.92. The quantitative estimate of drug-likeness (QED) is 0.713. The van der Waals surface area contributed by atoms with E-state index in [9.17, 15) is 0 Å². The highest BCUT2D eigenvalue weighted by molar-refractivity contribution is 9.10. The molecule has 0 aliphatic heterocycles. The number of benzene rings is 1. The zero-order chi connectivity index (χ0) is 13.1. The maximum absolute atomic E-state index is 6.18. The summed E-state index contributed by atoms with van der Waals surface area (Å²) >= 11 is 11.5. The maximum atomic E-state index is 6.18. The molecule has 0 aliphatic rings. The molecule has 1 aromatic carbocycles. The van der Waals surface area contributed by atoms with E-state index in [4.69, 9.17) is 11.6 Å². The summed E-state index contributed by atoms with van der Waals surface area (Å²) in [5.41, 5.74) is 2.13. The van der Waals surface area contributed by atoms with E-state index >= 15 is 0 Å². The fourth-order valence-corrected chi connectivity index (χ4v) is 3.41. The Morgan fingerprint density at radius 3 is 2.83 bits per heavy atom. The predicted molar refractivity (Wildman–Crippen MR) is 84.9 cm³/mol. The highest BCUT2D eigenvalue weighted by atomic mass is 79.9. The molecule has 4 heteroatoms. The summed E-state index contributed by atoms with van der Waals surface area (Å²) in [7, 11) is 0. The molecule has 1 nitrogen and oxygen atoms in total. The van der Waals surface area contributed by atoms with Crippen molar-refractivity contribution in [3.05, 3.63) is 49.6 Å². The standard InChI is InChI=1S/C14H15BrClNS/c1-3-12(14-5-4-6-18-14)17-13-8-11(16)9(2)7-10(13)15/h4-8,12,17H,3H2,1-2H3. The second-order valence-corrected chi connectivity index (χ2v) is 6.44. The first-order chi connectivity index (χ1) is 8.61. The van der Waals surface area contributed by atoms with Crippen LogP contribution in [0.25, 0.3) is 0 Å². The van der Waals surface area contributed by atoms with Crippen LogP contribution in [0.2, 0.25) is 5.02 Å². The number of anilines is 1. The van der Waals surface area contributed by atoms with Crippen LogP contribution in [0.15, 0.2) is 34.1 Å². The molecule has 18 heavy (non-hydrogen) atoms. The Kier molecular flexibility index (Phi) is 4.71. The first-order valence-electron chi connectivity index (χ1n) is 5.87. The third-order valence-electron chi connectivity index (χ3n) is 2.87. The molecule has 2 rings (SSSR count). The number of hydrogen-bond donors (Lipinski definition) is 1. The fourth-order valence-electron chi connectivity index (χ4n) is 1.81. The first-order valence-corrected chi connectivity index (χ1v) is 7.92. The molecule has 2 aromatic rings. The fraction of sp³-hybridized carbons (Fsp3) is 0.286. The minimum absolute atomic E-state index is 0.333. The van der Waals surface area contributed by atoms with Gasteiger partial charge in [-0.3, -0.25) is 0 Å². The summed E-state index contributed by atoms with van der Waals surface area (Å²) < 4.78 is 1.06. The molecular formula is C14H15BrClNS. The van der Waals surface area contributed by atoms with E-state index in [1.807, 2.05) is 19.1 Å². The minimum atomic E-state index is 0.333. The summed E-state index contributed by atoms with van der Waals surface area (Å²) in [4.78, 5) is 1.35. The Bertz CT molecular complexity index is 525. The van der Waals surface area contributed by atoms with E-state index in [1.54, 1.807) is 11.3 Å². The van der Waals surface area contributed by atoms with Crippen molar-refractivity contribution in [1.82, 2.24) is 0 Å². The molecule has 0 spiro atoms. The van der Waals surface area contributed by atoms with E-state index in [0.29, 0.717) is 6.04 Å². The van der Waals surface area contributed by atoms with Crippen molar-refractivity contribution in [2.75, 3.05) is 5.32 Å². The van der Waals surface area contributed by atoms with Gasteiger partial charge in [0.05, 0.1) is 11.7 Å². The van der Waals surface area contributed by atoms with Crippen LogP contribution in [0.4, 0.5) is 5.69 Å². The number of aryl methyl sites for hydroxylation is 1. The molecule has 1 aromatic heterocycles. The highest BCUT2D eigenvalue weighted by Crippen LogP contribution is 2.33. The van der Waals surface area contributed by atoms with Crippen LogP contribution < -0.4 is 5.32 Å². The monoisotopic (exact) mass is 343 g/mol. The SMILES string of the molecule is CCC(Nc1cc(Cl)c(C)cc1Br)c1cccs1. The lowest BCUT2D eigenvalue weighted by Gasteiger charge is -2.18. The molecule has 1 unspecified atom stereocenters. The maximum Gasteiger partial charge on any atom is 0.0604 e. The van der Waals surface area contributed by atoms with Gasteiger partial charge >= 0.3 is 0 Å². The van der Waals surface area contributed by atoms with Gasteiger partial charge in [-0.2, -0.15) is 0 Å². The Morgan fingerprint density at radius 1 is 1.44 bits per heavy atom. The zero-order valence-electron chi connectivity index (χ0n) is 10.3. The van der Waals surface area contributed by atoms with E-state index in [-0.39, 0.29) is 0 Å². The second-order valence-electron chi connectivity index (χ2n) is 4.20. The number of nitrogens with one attached hydrogen (secondary N) is 1. The summed E-state index contributed by atoms with van der Waals surface area (Å²) in [5.74, 6) is 0. The third kappa shape index (κ3) is 3.08. The molecule has 0 saturated carbocycles. The van der Waals surface area contributed by atoms with Crippen LogP contribution in [0, 0.1) is 6.92 Å². The Labute approximate surface area is 125 Å². The van der Waals surface area contributed by atoms with Crippen LogP contribution in [0.3, 0.4) is 0 Å². The Hall–Kier alpha value is -0.510. The van der Waals surface area contributed by atoms with Gasteiger partial charge in [0, 0.05) is 14.4 Å². The molecule has 96 valence electrons. The zero-order valence-corrected chi connectivity index (χ0v) is 13.5. The van der Waals surface area contributed by atoms with Crippen LogP contribution in [-0.4, -0.2) is 0 Å². The summed E-state index contributed by atoms with van der Waals surface area (Å²) in [6.07, 6.45) is 1.04. The first kappa shape index (κ1) is 13.9. The number of halogens is 2. The molecule has 0 saturated heterocycles. The Balaban J connectivity index is 2.25. The van der Waals surface area contributed by atoms with Crippen molar-refractivity contribution in [3.8, 4) is 0 Å². The molecule has 1 heterocycles. The minimum Gasteiger partial charge on any atom is -0.376 e. The summed E-state index contributed by atoms with van der Waals surface area (Å²) in [5, 5.41) is 6.45. The molecule has 1 N–H and O–H groups in total. The molecule has 0 radical (unpaired) electrons. The predicted octanol–water partition coefficient (Wildman–Crippen LogP) is 6.04. The molecular weight excluding hydrogens is 330 g/mol. The average molecular weight is 345 g/mol. The summed E-state index contributed by atoms with van der Waals surface area (Å²) in [6.45, 7) is 4.19. The molecule has 0 amide bonds. The molecule has 0 bridgehead atoms. The van der Waals surface area contributed by atoms with Crippen molar-refractivity contribution < 1.29 is 0 Å². The largest absolute Gasteiger partial charge is 0.376 e. The van der Waals surface area contributed by atoms with Gasteiger partial charge in [0.25, 0.3) is 0 Å². The van der Waals surface area contributed by atoms with Gasteiger partial charge in [0.1, 0.15) is 0 Å². The lowest BCUT2D eigenvalue weighted by Crippen LogP contribution is -2.08. The number of hydrogen-bond acceptors (Lipinski definition) is 2. The smallest absolute Gasteiger partial charge is 0.0604 e. The van der Waals surface area contributed by atoms with Crippen molar-refractivity contribution in [2.24, 2.45) is 0 Å². The van der Waals surface area contributed by atoms with Gasteiger partial charge in [0.15, 0.2) is 0 Å². The van der Waals surface area contributed by atoms with Crippen molar-refractivity contribution in [1.29, 1.82) is 0 Å². The van der Waals surface area contributed by atoms with E-state index in [0.717, 1.165) is 27.2 Å². The van der Waals surface area contributed by atoms with E-state index in [1.165, 1.54) is 4.88 Å². The van der Waals surface area contributed by atoms with Gasteiger partial charge in [0.2, 0.25) is 0 Å². The van der Waals surface area contributed by atoms with E-state index in [2.05, 4.69) is 45.7 Å². The van der Waals surface area contributed by atoms with Crippen molar-refractivity contribution in [2.45, 2.75) is 26.3 Å². The topological polar surface area (TPSA) is 12.0 Å². The van der Waals surface area contributed by atoms with Gasteiger partial charge in [-0.05, 0) is 58.4 Å². The second kappa shape index (κ2) is 6.09. The molecule has 0 aliphatic carbocycles. The van der Waals surface area contributed by atoms with Crippen LogP contribution in [0.5, 0.6) is 0 Å². The van der Waals surface area contributed by atoms with E-state index < -0.39 is 0 Å². The number of rotatable bonds is 4. The highest BCUT2D eigenvalue weighted by Gasteiger charge is 2.12. The van der Waals surface area contributed by atoms with Crippen LogP contribution >= 0.6 is 38.9 Å². The number of thiophene rings is 1. The lowest BCUT2D eigenvalue weighted by molar-refractivity contribution is 0.763.